The van der Waals surface area contributed by atoms with Crippen molar-refractivity contribution in [2.75, 3.05) is 13.2 Å². The zero-order valence-electron chi connectivity index (χ0n) is 20.7. The lowest BCUT2D eigenvalue weighted by Crippen LogP contribution is -2.28. The number of alkyl carbamates (subject to hydrolysis) is 1. The van der Waals surface area contributed by atoms with Crippen LogP contribution in [-0.4, -0.2) is 36.5 Å². The summed E-state index contributed by atoms with van der Waals surface area (Å²) in [6, 6.07) is 22.4. The molecular formula is C27H26F3N5O4. The molecule has 3 aromatic carbocycles. The number of hydrogen-bond donors (Lipinski definition) is 3. The highest BCUT2D eigenvalue weighted by atomic mass is 19.4. The highest BCUT2D eigenvalue weighted by molar-refractivity contribution is 5.79. The molecule has 0 saturated carbocycles. The van der Waals surface area contributed by atoms with Gasteiger partial charge in [0.05, 0.1) is 6.54 Å². The van der Waals surface area contributed by atoms with Crippen molar-refractivity contribution >= 4 is 12.1 Å². The molecule has 3 aromatic rings. The number of nitrogens with two attached hydrogens (primary N) is 1. The van der Waals surface area contributed by atoms with Crippen molar-refractivity contribution in [3.8, 4) is 11.1 Å². The Balaban J connectivity index is 0.000000532. The third-order valence-corrected chi connectivity index (χ3v) is 6.06. The van der Waals surface area contributed by atoms with E-state index in [4.69, 9.17) is 25.9 Å². The number of nitrogens with zero attached hydrogens (tertiary/aromatic N) is 3. The Labute approximate surface area is 222 Å². The van der Waals surface area contributed by atoms with Crippen molar-refractivity contribution < 1.29 is 32.6 Å². The number of amides is 1. The zero-order chi connectivity index (χ0) is 28.4. The van der Waals surface area contributed by atoms with E-state index in [0.29, 0.717) is 26.1 Å². The molecule has 1 aliphatic rings. The van der Waals surface area contributed by atoms with E-state index in [1.165, 1.54) is 22.3 Å². The summed E-state index contributed by atoms with van der Waals surface area (Å²) in [5.74, 6) is -2.72. The molecule has 0 fully saturated rings. The smallest absolute Gasteiger partial charge is 0.475 e. The maximum atomic E-state index is 12.3. The SMILES string of the molecule is O=C(O)C(F)(F)F.[N-]=[N+]=NCc1cc(CCNC(=O)OCC2c3ccccc3-c3ccccc32)ccc1CN. The van der Waals surface area contributed by atoms with Gasteiger partial charge in [0.25, 0.3) is 0 Å². The van der Waals surface area contributed by atoms with Crippen LogP contribution in [0.3, 0.4) is 0 Å². The average Bonchev–Trinajstić information content (AvgIpc) is 3.24. The molecule has 0 aromatic heterocycles. The maximum absolute atomic E-state index is 12.3. The van der Waals surface area contributed by atoms with Crippen LogP contribution in [0.4, 0.5) is 18.0 Å². The number of fused-ring (bicyclic) bond motifs is 3. The molecule has 0 aliphatic heterocycles. The fourth-order valence-corrected chi connectivity index (χ4v) is 4.25. The van der Waals surface area contributed by atoms with Gasteiger partial charge in [-0.2, -0.15) is 13.2 Å². The number of carbonyl (C=O) groups is 2. The number of carbonyl (C=O) groups excluding carboxylic acids is 1. The van der Waals surface area contributed by atoms with Gasteiger partial charge < -0.3 is 20.9 Å². The van der Waals surface area contributed by atoms with E-state index in [9.17, 15) is 18.0 Å². The molecular weight excluding hydrogens is 515 g/mol. The lowest BCUT2D eigenvalue weighted by atomic mass is 9.98. The Kier molecular flexibility index (Phi) is 9.91. The Morgan fingerprint density at radius 2 is 1.62 bits per heavy atom. The second-order valence-corrected chi connectivity index (χ2v) is 8.50. The van der Waals surface area contributed by atoms with Crippen LogP contribution in [0.1, 0.15) is 33.7 Å². The van der Waals surface area contributed by atoms with Crippen LogP contribution in [0, 0.1) is 0 Å². The van der Waals surface area contributed by atoms with E-state index in [1.54, 1.807) is 0 Å². The minimum absolute atomic E-state index is 0.0419. The fourth-order valence-electron chi connectivity index (χ4n) is 4.25. The average molecular weight is 542 g/mol. The van der Waals surface area contributed by atoms with Gasteiger partial charge in [-0.05, 0) is 50.9 Å². The number of aliphatic carboxylic acids is 1. The Hall–Kier alpha value is -4.54. The number of hydrogen-bond acceptors (Lipinski definition) is 5. The number of alkyl halides is 3. The highest BCUT2D eigenvalue weighted by Gasteiger charge is 2.38. The normalized spacial score (nSPS) is 11.8. The number of benzene rings is 3. The van der Waals surface area contributed by atoms with E-state index in [0.717, 1.165) is 16.7 Å². The summed E-state index contributed by atoms with van der Waals surface area (Å²) in [7, 11) is 0. The summed E-state index contributed by atoms with van der Waals surface area (Å²) in [5, 5.41) is 13.6. The van der Waals surface area contributed by atoms with Crippen LogP contribution in [0.5, 0.6) is 0 Å². The molecule has 0 saturated heterocycles. The van der Waals surface area contributed by atoms with E-state index >= 15 is 0 Å². The van der Waals surface area contributed by atoms with Crippen molar-refractivity contribution in [1.82, 2.24) is 5.32 Å². The minimum Gasteiger partial charge on any atom is -0.475 e. The summed E-state index contributed by atoms with van der Waals surface area (Å²) in [5.41, 5.74) is 22.0. The number of ether oxygens (including phenoxy) is 1. The van der Waals surface area contributed by atoms with Crippen molar-refractivity contribution in [2.45, 2.75) is 31.6 Å². The predicted octanol–water partition coefficient (Wildman–Crippen LogP) is 5.67. The quantitative estimate of drug-likeness (QED) is 0.191. The van der Waals surface area contributed by atoms with E-state index in [2.05, 4.69) is 39.6 Å². The van der Waals surface area contributed by atoms with Gasteiger partial charge in [0.2, 0.25) is 0 Å². The molecule has 1 aliphatic carbocycles. The highest BCUT2D eigenvalue weighted by Crippen LogP contribution is 2.44. The number of carboxylic acids is 1. The molecule has 0 heterocycles. The van der Waals surface area contributed by atoms with Crippen molar-refractivity contribution in [2.24, 2.45) is 10.8 Å². The van der Waals surface area contributed by atoms with Gasteiger partial charge >= 0.3 is 18.2 Å². The molecule has 0 spiro atoms. The first kappa shape index (κ1) is 29.0. The topological polar surface area (TPSA) is 150 Å². The maximum Gasteiger partial charge on any atom is 0.490 e. The zero-order valence-corrected chi connectivity index (χ0v) is 20.7. The molecule has 4 rings (SSSR count). The first-order chi connectivity index (χ1) is 18.7. The van der Waals surface area contributed by atoms with Crippen LogP contribution in [0.15, 0.2) is 71.8 Å². The largest absolute Gasteiger partial charge is 0.490 e. The molecule has 0 radical (unpaired) electrons. The number of azide groups is 1. The monoisotopic (exact) mass is 541 g/mol. The van der Waals surface area contributed by atoms with Gasteiger partial charge in [-0.25, -0.2) is 9.59 Å². The molecule has 39 heavy (non-hydrogen) atoms. The number of carboxylic acid groups (broad SMARTS) is 1. The van der Waals surface area contributed by atoms with Gasteiger partial charge in [0.1, 0.15) is 6.61 Å². The van der Waals surface area contributed by atoms with Crippen LogP contribution < -0.4 is 11.1 Å². The summed E-state index contributed by atoms with van der Waals surface area (Å²) >= 11 is 0. The summed E-state index contributed by atoms with van der Waals surface area (Å²) in [6.07, 6.45) is -4.88. The van der Waals surface area contributed by atoms with Gasteiger partial charge in [0.15, 0.2) is 0 Å². The summed E-state index contributed by atoms with van der Waals surface area (Å²) in [6.45, 7) is 1.38. The van der Waals surface area contributed by atoms with Gasteiger partial charge in [-0.15, -0.1) is 0 Å². The first-order valence-electron chi connectivity index (χ1n) is 11.9. The van der Waals surface area contributed by atoms with Gasteiger partial charge in [-0.1, -0.05) is 71.8 Å². The standard InChI is InChI=1S/C25H25N5O2.C2HF3O2/c26-14-18-10-9-17(13-19(18)15-29-30-27)11-12-28-25(31)32-16-24-22-7-3-1-5-20(22)21-6-2-4-8-23(21)24;3-2(4,5)1(6)7/h1-10,13,24H,11-12,14-16,26H2,(H,28,31);(H,6,7). The van der Waals surface area contributed by atoms with E-state index in [1.807, 2.05) is 42.5 Å². The van der Waals surface area contributed by atoms with E-state index in [-0.39, 0.29) is 12.5 Å². The number of nitrogens with one attached hydrogen (secondary N) is 1. The lowest BCUT2D eigenvalue weighted by molar-refractivity contribution is -0.192. The third kappa shape index (κ3) is 7.73. The van der Waals surface area contributed by atoms with Crippen LogP contribution in [0.2, 0.25) is 0 Å². The molecule has 0 atom stereocenters. The summed E-state index contributed by atoms with van der Waals surface area (Å²) < 4.78 is 37.3. The molecule has 9 nitrogen and oxygen atoms in total. The Bertz CT molecular complexity index is 1330. The molecule has 0 unspecified atom stereocenters. The first-order valence-corrected chi connectivity index (χ1v) is 11.9. The van der Waals surface area contributed by atoms with Crippen molar-refractivity contribution in [3.63, 3.8) is 0 Å². The third-order valence-electron chi connectivity index (χ3n) is 6.06. The predicted molar refractivity (Wildman–Crippen MR) is 138 cm³/mol. The van der Waals surface area contributed by atoms with Gasteiger partial charge in [-0.3, -0.25) is 0 Å². The number of rotatable bonds is 8. The van der Waals surface area contributed by atoms with Gasteiger partial charge in [0, 0.05) is 23.9 Å². The van der Waals surface area contributed by atoms with Crippen molar-refractivity contribution in [3.05, 3.63) is 105 Å². The second-order valence-electron chi connectivity index (χ2n) is 8.50. The summed E-state index contributed by atoms with van der Waals surface area (Å²) in [4.78, 5) is 24.0. The van der Waals surface area contributed by atoms with Crippen LogP contribution in [-0.2, 0) is 29.0 Å². The molecule has 204 valence electrons. The van der Waals surface area contributed by atoms with Crippen LogP contribution >= 0.6 is 0 Å². The number of halogens is 3. The fraction of sp³-hybridized carbons (Fsp3) is 0.259. The van der Waals surface area contributed by atoms with Crippen LogP contribution in [0.25, 0.3) is 21.6 Å². The molecule has 4 N–H and O–H groups in total. The molecule has 0 bridgehead atoms. The minimum atomic E-state index is -5.08. The Morgan fingerprint density at radius 3 is 2.15 bits per heavy atom. The molecule has 1 amide bonds. The second kappa shape index (κ2) is 13.3. The Morgan fingerprint density at radius 1 is 1.03 bits per heavy atom. The lowest BCUT2D eigenvalue weighted by Gasteiger charge is -2.15. The van der Waals surface area contributed by atoms with E-state index < -0.39 is 18.2 Å². The molecule has 12 heteroatoms. The van der Waals surface area contributed by atoms with Crippen molar-refractivity contribution in [1.29, 1.82) is 0 Å².